The lowest BCUT2D eigenvalue weighted by molar-refractivity contribution is 0.122. The van der Waals surface area contributed by atoms with Crippen LogP contribution < -0.4 is 15.4 Å². The number of benzene rings is 1. The Bertz CT molecular complexity index is 695. The Hall–Kier alpha value is -1.79. The Morgan fingerprint density at radius 3 is 2.56 bits per heavy atom. The number of aliphatic hydroxyl groups is 1. The molecule has 1 aromatic carbocycles. The number of aliphatic hydroxyl groups excluding tert-OH is 1. The van der Waals surface area contributed by atoms with Crippen LogP contribution in [0.1, 0.15) is 69.9 Å². The first-order chi connectivity index (χ1) is 15.6. The van der Waals surface area contributed by atoms with Gasteiger partial charge in [0.25, 0.3) is 0 Å². The lowest BCUT2D eigenvalue weighted by Gasteiger charge is -2.40. The van der Waals surface area contributed by atoms with Crippen molar-refractivity contribution in [2.45, 2.75) is 64.3 Å². The maximum absolute atomic E-state index is 9.63. The van der Waals surface area contributed by atoms with E-state index < -0.39 is 0 Å². The molecule has 1 aliphatic carbocycles. The lowest BCUT2D eigenvalue weighted by atomic mass is 9.72. The van der Waals surface area contributed by atoms with Crippen molar-refractivity contribution in [3.8, 4) is 5.75 Å². The molecule has 6 nitrogen and oxygen atoms in total. The molecule has 1 aliphatic heterocycles. The van der Waals surface area contributed by atoms with Crippen LogP contribution in [0.15, 0.2) is 29.3 Å². The van der Waals surface area contributed by atoms with Gasteiger partial charge in [0.2, 0.25) is 0 Å². The van der Waals surface area contributed by atoms with Crippen molar-refractivity contribution in [1.82, 2.24) is 15.5 Å². The molecule has 0 spiro atoms. The van der Waals surface area contributed by atoms with Crippen LogP contribution in [0.2, 0.25) is 0 Å². The van der Waals surface area contributed by atoms with Crippen LogP contribution in [0.3, 0.4) is 0 Å². The minimum atomic E-state index is 0.173. The van der Waals surface area contributed by atoms with Gasteiger partial charge in [0, 0.05) is 32.3 Å². The van der Waals surface area contributed by atoms with Gasteiger partial charge in [-0.1, -0.05) is 31.4 Å². The third kappa shape index (κ3) is 6.61. The van der Waals surface area contributed by atoms with Crippen molar-refractivity contribution in [3.05, 3.63) is 29.8 Å². The molecule has 1 heterocycles. The summed E-state index contributed by atoms with van der Waals surface area (Å²) in [5.74, 6) is 2.34. The zero-order chi connectivity index (χ0) is 22.8. The number of piperidine rings is 1. The number of hydrogen-bond donors (Lipinski definition) is 3. The number of guanidine groups is 1. The van der Waals surface area contributed by atoms with Crippen LogP contribution in [0.4, 0.5) is 0 Å². The van der Waals surface area contributed by atoms with E-state index in [1.54, 1.807) is 7.11 Å². The van der Waals surface area contributed by atoms with Crippen molar-refractivity contribution < 1.29 is 9.84 Å². The molecule has 0 aromatic heterocycles. The van der Waals surface area contributed by atoms with Crippen LogP contribution in [-0.4, -0.2) is 62.9 Å². The van der Waals surface area contributed by atoms with Crippen molar-refractivity contribution in [2.24, 2.45) is 16.3 Å². The molecule has 1 saturated carbocycles. The summed E-state index contributed by atoms with van der Waals surface area (Å²) >= 11 is 0. The van der Waals surface area contributed by atoms with E-state index in [-0.39, 0.29) is 12.0 Å². The van der Waals surface area contributed by atoms with Gasteiger partial charge in [-0.15, -0.1) is 0 Å². The molecule has 1 saturated heterocycles. The third-order valence-corrected chi connectivity index (χ3v) is 7.47. The first kappa shape index (κ1) is 24.8. The van der Waals surface area contributed by atoms with E-state index in [0.717, 1.165) is 44.3 Å². The molecule has 0 radical (unpaired) electrons. The lowest BCUT2D eigenvalue weighted by Crippen LogP contribution is -2.45. The smallest absolute Gasteiger partial charge is 0.191 e. The molecule has 0 amide bonds. The van der Waals surface area contributed by atoms with E-state index >= 15 is 0 Å². The molecular weight excluding hydrogens is 400 g/mol. The van der Waals surface area contributed by atoms with Crippen LogP contribution in [0.5, 0.6) is 5.75 Å². The quantitative estimate of drug-likeness (QED) is 0.397. The minimum Gasteiger partial charge on any atom is -0.497 e. The molecule has 3 N–H and O–H groups in total. The van der Waals surface area contributed by atoms with Gasteiger partial charge in [0.15, 0.2) is 5.96 Å². The zero-order valence-electron chi connectivity index (χ0n) is 20.4. The summed E-state index contributed by atoms with van der Waals surface area (Å²) in [6.07, 6.45) is 9.51. The summed E-state index contributed by atoms with van der Waals surface area (Å²) in [7, 11) is 3.95. The highest BCUT2D eigenvalue weighted by molar-refractivity contribution is 5.79. The fraction of sp³-hybridized carbons (Fsp3) is 0.731. The standard InChI is InChI=1S/C26H44N4O2/c1-4-27-25(29-20-26(16-18-31)14-6-5-7-15-26)28-19-22-9-8-17-30(2)24(22)21-10-12-23(32-3)13-11-21/h10-13,22,24,31H,4-9,14-20H2,1-3H3,(H2,27,28,29). The Balaban J connectivity index is 1.67. The average Bonchev–Trinajstić information content (AvgIpc) is 2.82. The van der Waals surface area contributed by atoms with Crippen LogP contribution >= 0.6 is 0 Å². The summed E-state index contributed by atoms with van der Waals surface area (Å²) in [5, 5.41) is 16.7. The molecule has 32 heavy (non-hydrogen) atoms. The Morgan fingerprint density at radius 2 is 1.91 bits per heavy atom. The number of nitrogens with zero attached hydrogens (tertiary/aromatic N) is 2. The maximum Gasteiger partial charge on any atom is 0.191 e. The summed E-state index contributed by atoms with van der Waals surface area (Å²) in [4.78, 5) is 7.49. The first-order valence-corrected chi connectivity index (χ1v) is 12.6. The summed E-state index contributed by atoms with van der Waals surface area (Å²) in [5.41, 5.74) is 1.53. The Labute approximate surface area is 194 Å². The number of aliphatic imine (C=N–C) groups is 1. The van der Waals surface area contributed by atoms with E-state index in [0.29, 0.717) is 12.0 Å². The Morgan fingerprint density at radius 1 is 1.16 bits per heavy atom. The van der Waals surface area contributed by atoms with Crippen molar-refractivity contribution in [2.75, 3.05) is 46.9 Å². The third-order valence-electron chi connectivity index (χ3n) is 7.47. The normalized spacial score (nSPS) is 24.2. The molecule has 1 aromatic rings. The SMILES string of the molecule is CCNC(=NCC1(CCO)CCCCC1)NCC1CCCN(C)C1c1ccc(OC)cc1. The molecule has 2 fully saturated rings. The minimum absolute atomic E-state index is 0.173. The zero-order valence-corrected chi connectivity index (χ0v) is 20.4. The molecule has 2 aliphatic rings. The predicted molar refractivity (Wildman–Crippen MR) is 132 cm³/mol. The average molecular weight is 445 g/mol. The van der Waals surface area contributed by atoms with Gasteiger partial charge in [-0.3, -0.25) is 9.89 Å². The fourth-order valence-electron chi connectivity index (χ4n) is 5.64. The molecule has 2 atom stereocenters. The molecular formula is C26H44N4O2. The predicted octanol–water partition coefficient (Wildman–Crippen LogP) is 3.97. The van der Waals surface area contributed by atoms with E-state index in [9.17, 15) is 5.11 Å². The van der Waals surface area contributed by atoms with Crippen LogP contribution in [0.25, 0.3) is 0 Å². The van der Waals surface area contributed by atoms with Crippen molar-refractivity contribution in [1.29, 1.82) is 0 Å². The molecule has 2 unspecified atom stereocenters. The second-order valence-electron chi connectivity index (χ2n) is 9.71. The van der Waals surface area contributed by atoms with Gasteiger partial charge in [0.1, 0.15) is 5.75 Å². The van der Waals surface area contributed by atoms with Gasteiger partial charge in [-0.2, -0.15) is 0 Å². The topological polar surface area (TPSA) is 69.1 Å². The number of hydrogen-bond acceptors (Lipinski definition) is 4. The number of nitrogens with one attached hydrogen (secondary N) is 2. The fourth-order valence-corrected chi connectivity index (χ4v) is 5.64. The largest absolute Gasteiger partial charge is 0.497 e. The summed E-state index contributed by atoms with van der Waals surface area (Å²) < 4.78 is 5.35. The maximum atomic E-state index is 9.63. The second-order valence-corrected chi connectivity index (χ2v) is 9.71. The van der Waals surface area contributed by atoms with Gasteiger partial charge in [-0.05, 0) is 81.6 Å². The number of ether oxygens (including phenoxy) is 1. The molecule has 3 rings (SSSR count). The highest BCUT2D eigenvalue weighted by atomic mass is 16.5. The molecule has 180 valence electrons. The monoisotopic (exact) mass is 444 g/mol. The van der Waals surface area contributed by atoms with Gasteiger partial charge in [0.05, 0.1) is 7.11 Å². The van der Waals surface area contributed by atoms with E-state index in [1.165, 1.54) is 50.5 Å². The number of methoxy groups -OCH3 is 1. The van der Waals surface area contributed by atoms with Gasteiger partial charge >= 0.3 is 0 Å². The second kappa shape index (κ2) is 12.4. The van der Waals surface area contributed by atoms with Crippen LogP contribution in [0, 0.1) is 11.3 Å². The number of likely N-dealkylation sites (tertiary alicyclic amines) is 1. The highest BCUT2D eigenvalue weighted by Crippen LogP contribution is 2.39. The first-order valence-electron chi connectivity index (χ1n) is 12.6. The van der Waals surface area contributed by atoms with Gasteiger partial charge in [-0.25, -0.2) is 0 Å². The number of rotatable bonds is 9. The summed E-state index contributed by atoms with van der Waals surface area (Å²) in [6.45, 7) is 6.07. The highest BCUT2D eigenvalue weighted by Gasteiger charge is 2.32. The van der Waals surface area contributed by atoms with Crippen molar-refractivity contribution >= 4 is 5.96 Å². The van der Waals surface area contributed by atoms with Crippen LogP contribution in [-0.2, 0) is 0 Å². The van der Waals surface area contributed by atoms with E-state index in [4.69, 9.17) is 9.73 Å². The molecule has 6 heteroatoms. The van der Waals surface area contributed by atoms with Crippen molar-refractivity contribution in [3.63, 3.8) is 0 Å². The molecule has 0 bridgehead atoms. The summed E-state index contributed by atoms with van der Waals surface area (Å²) in [6, 6.07) is 8.94. The van der Waals surface area contributed by atoms with E-state index in [1.807, 2.05) is 0 Å². The van der Waals surface area contributed by atoms with Gasteiger partial charge < -0.3 is 20.5 Å². The van der Waals surface area contributed by atoms with E-state index in [2.05, 4.69) is 53.8 Å². The Kier molecular flexibility index (Phi) is 9.67.